The molecule has 2 aliphatic rings. The Bertz CT molecular complexity index is 690. The van der Waals surface area contributed by atoms with Gasteiger partial charge in [0.1, 0.15) is 6.54 Å². The third-order valence-corrected chi connectivity index (χ3v) is 4.84. The molecule has 1 atom stereocenters. The molecular formula is C16H17F3N2O3. The van der Waals surface area contributed by atoms with Crippen LogP contribution >= 0.6 is 0 Å². The van der Waals surface area contributed by atoms with Crippen LogP contribution in [0.4, 0.5) is 13.2 Å². The normalized spacial score (nSPS) is 23.5. The van der Waals surface area contributed by atoms with E-state index in [0.29, 0.717) is 24.8 Å². The molecule has 1 fully saturated rings. The number of carbonyl (C=O) groups is 2. The molecule has 0 radical (unpaired) electrons. The summed E-state index contributed by atoms with van der Waals surface area (Å²) < 4.78 is 37.7. The number of hydroxylamine groups is 1. The molecule has 5 nitrogen and oxygen atoms in total. The van der Waals surface area contributed by atoms with E-state index in [4.69, 9.17) is 5.21 Å². The number of fused-ring (bicyclic) bond motifs is 1. The summed E-state index contributed by atoms with van der Waals surface area (Å²) in [5.74, 6) is -1.06. The highest BCUT2D eigenvalue weighted by Crippen LogP contribution is 2.44. The Labute approximate surface area is 136 Å². The summed E-state index contributed by atoms with van der Waals surface area (Å²) >= 11 is 0. The number of likely N-dealkylation sites (tertiary alicyclic amines) is 1. The van der Waals surface area contributed by atoms with Crippen molar-refractivity contribution in [2.45, 2.75) is 31.9 Å². The van der Waals surface area contributed by atoms with Crippen molar-refractivity contribution in [2.24, 2.45) is 5.41 Å². The fraction of sp³-hybridized carbons (Fsp3) is 0.500. The number of aryl methyl sites for hydroxylation is 1. The van der Waals surface area contributed by atoms with E-state index in [1.54, 1.807) is 23.7 Å². The van der Waals surface area contributed by atoms with Crippen LogP contribution < -0.4 is 5.48 Å². The molecule has 2 N–H and O–H groups in total. The molecule has 3 rings (SSSR count). The molecule has 1 aliphatic carbocycles. The van der Waals surface area contributed by atoms with Crippen molar-refractivity contribution in [1.82, 2.24) is 10.4 Å². The highest BCUT2D eigenvalue weighted by atomic mass is 19.4. The van der Waals surface area contributed by atoms with Gasteiger partial charge in [-0.05, 0) is 42.5 Å². The first-order valence-electron chi connectivity index (χ1n) is 7.62. The number of hydrogen-bond donors (Lipinski definition) is 2. The smallest absolute Gasteiger partial charge is 0.333 e. The quantitative estimate of drug-likeness (QED) is 0.639. The molecule has 1 saturated heterocycles. The van der Waals surface area contributed by atoms with Crippen molar-refractivity contribution in [3.63, 3.8) is 0 Å². The van der Waals surface area contributed by atoms with Crippen LogP contribution in [0.3, 0.4) is 0 Å². The van der Waals surface area contributed by atoms with Crippen molar-refractivity contribution >= 4 is 11.8 Å². The van der Waals surface area contributed by atoms with Gasteiger partial charge in [0, 0.05) is 23.9 Å². The first-order valence-corrected chi connectivity index (χ1v) is 7.62. The first-order chi connectivity index (χ1) is 11.2. The van der Waals surface area contributed by atoms with Crippen LogP contribution in [0, 0.1) is 5.41 Å². The van der Waals surface area contributed by atoms with Crippen molar-refractivity contribution in [1.29, 1.82) is 0 Å². The predicted octanol–water partition coefficient (Wildman–Crippen LogP) is 2.08. The van der Waals surface area contributed by atoms with E-state index < -0.39 is 30.0 Å². The van der Waals surface area contributed by atoms with Gasteiger partial charge in [0.2, 0.25) is 5.91 Å². The zero-order valence-electron chi connectivity index (χ0n) is 12.8. The van der Waals surface area contributed by atoms with Crippen LogP contribution in [0.1, 0.15) is 34.3 Å². The molecule has 1 spiro atoms. The zero-order chi connectivity index (χ0) is 17.5. The second-order valence-electron chi connectivity index (χ2n) is 6.64. The van der Waals surface area contributed by atoms with Crippen molar-refractivity contribution < 1.29 is 28.0 Å². The topological polar surface area (TPSA) is 69.6 Å². The molecule has 0 bridgehead atoms. The van der Waals surface area contributed by atoms with E-state index in [-0.39, 0.29) is 13.0 Å². The molecule has 8 heteroatoms. The third-order valence-electron chi connectivity index (χ3n) is 4.84. The van der Waals surface area contributed by atoms with Gasteiger partial charge in [0.15, 0.2) is 0 Å². The lowest BCUT2D eigenvalue weighted by Crippen LogP contribution is -2.38. The molecule has 1 heterocycles. The lowest BCUT2D eigenvalue weighted by molar-refractivity contribution is -0.157. The molecule has 1 unspecified atom stereocenters. The zero-order valence-corrected chi connectivity index (χ0v) is 12.8. The maximum atomic E-state index is 12.6. The summed E-state index contributed by atoms with van der Waals surface area (Å²) in [5.41, 5.74) is 3.31. The Morgan fingerprint density at radius 3 is 2.71 bits per heavy atom. The van der Waals surface area contributed by atoms with Crippen LogP contribution in [0.2, 0.25) is 0 Å². The van der Waals surface area contributed by atoms with Gasteiger partial charge in [0.25, 0.3) is 5.91 Å². The van der Waals surface area contributed by atoms with Crippen molar-refractivity contribution in [3.05, 3.63) is 34.9 Å². The largest absolute Gasteiger partial charge is 0.406 e. The molecular weight excluding hydrogens is 325 g/mol. The van der Waals surface area contributed by atoms with Gasteiger partial charge in [-0.25, -0.2) is 5.48 Å². The maximum absolute atomic E-state index is 12.6. The minimum Gasteiger partial charge on any atom is -0.333 e. The van der Waals surface area contributed by atoms with E-state index in [2.05, 4.69) is 0 Å². The summed E-state index contributed by atoms with van der Waals surface area (Å²) in [6.45, 7) is -1.08. The van der Waals surface area contributed by atoms with Gasteiger partial charge in [-0.3, -0.25) is 14.8 Å². The number of alkyl halides is 3. The lowest BCUT2D eigenvalue weighted by Gasteiger charge is -2.34. The Hall–Kier alpha value is -2.09. The third kappa shape index (κ3) is 3.24. The number of carbonyl (C=O) groups excluding carboxylic acids is 2. The second-order valence-corrected chi connectivity index (χ2v) is 6.64. The number of benzene rings is 1. The fourth-order valence-corrected chi connectivity index (χ4v) is 3.76. The Morgan fingerprint density at radius 1 is 1.29 bits per heavy atom. The van der Waals surface area contributed by atoms with Gasteiger partial charge in [-0.2, -0.15) is 13.2 Å². The molecule has 24 heavy (non-hydrogen) atoms. The fourth-order valence-electron chi connectivity index (χ4n) is 3.76. The first kappa shape index (κ1) is 16.8. The molecule has 1 aromatic rings. The summed E-state index contributed by atoms with van der Waals surface area (Å²) in [6, 6.07) is 4.99. The van der Waals surface area contributed by atoms with E-state index in [1.165, 1.54) is 0 Å². The maximum Gasteiger partial charge on any atom is 0.406 e. The van der Waals surface area contributed by atoms with Crippen molar-refractivity contribution in [3.8, 4) is 0 Å². The van der Waals surface area contributed by atoms with E-state index in [1.807, 2.05) is 0 Å². The molecule has 130 valence electrons. The Morgan fingerprint density at radius 2 is 2.04 bits per heavy atom. The lowest BCUT2D eigenvalue weighted by atomic mass is 9.71. The summed E-state index contributed by atoms with van der Waals surface area (Å²) in [7, 11) is 0. The van der Waals surface area contributed by atoms with Crippen LogP contribution in [-0.2, 0) is 17.6 Å². The summed E-state index contributed by atoms with van der Waals surface area (Å²) in [4.78, 5) is 24.3. The highest BCUT2D eigenvalue weighted by Gasteiger charge is 2.47. The number of rotatable bonds is 2. The predicted molar refractivity (Wildman–Crippen MR) is 77.4 cm³/mol. The second kappa shape index (κ2) is 5.77. The Balaban J connectivity index is 1.78. The highest BCUT2D eigenvalue weighted by molar-refractivity contribution is 5.93. The van der Waals surface area contributed by atoms with Crippen LogP contribution in [0.15, 0.2) is 18.2 Å². The van der Waals surface area contributed by atoms with E-state index in [0.717, 1.165) is 16.0 Å². The van der Waals surface area contributed by atoms with E-state index >= 15 is 0 Å². The standard InChI is InChI=1S/C16H17F3N2O3/c17-16(18,19)9-21-8-15(7-13(21)22)4-3-10-5-11(14(23)20-24)1-2-12(10)6-15/h1-2,5,24H,3-4,6-9H2,(H,20,23). The minimum absolute atomic E-state index is 0.115. The number of halogens is 3. The van der Waals surface area contributed by atoms with Gasteiger partial charge >= 0.3 is 6.18 Å². The SMILES string of the molecule is O=C(NO)c1ccc2c(c1)CCC1(CC(=O)N(CC(F)(F)F)C1)C2. The number of amides is 2. The number of hydrogen-bond acceptors (Lipinski definition) is 3. The van der Waals surface area contributed by atoms with Crippen molar-refractivity contribution in [2.75, 3.05) is 13.1 Å². The Kier molecular flexibility index (Phi) is 4.03. The van der Waals surface area contributed by atoms with Gasteiger partial charge in [-0.1, -0.05) is 6.07 Å². The molecule has 1 aromatic carbocycles. The van der Waals surface area contributed by atoms with Crippen LogP contribution in [0.25, 0.3) is 0 Å². The monoisotopic (exact) mass is 342 g/mol. The van der Waals surface area contributed by atoms with Gasteiger partial charge in [0.05, 0.1) is 0 Å². The van der Waals surface area contributed by atoms with Crippen LogP contribution in [0.5, 0.6) is 0 Å². The van der Waals surface area contributed by atoms with E-state index in [9.17, 15) is 22.8 Å². The molecule has 2 amide bonds. The number of nitrogens with zero attached hydrogens (tertiary/aromatic N) is 1. The molecule has 0 saturated carbocycles. The summed E-state index contributed by atoms with van der Waals surface area (Å²) in [5, 5.41) is 8.68. The van der Waals surface area contributed by atoms with Crippen LogP contribution in [-0.4, -0.2) is 41.2 Å². The van der Waals surface area contributed by atoms with Gasteiger partial charge < -0.3 is 4.90 Å². The molecule has 1 aliphatic heterocycles. The number of nitrogens with one attached hydrogen (secondary N) is 1. The minimum atomic E-state index is -4.39. The average Bonchev–Trinajstić information content (AvgIpc) is 2.79. The molecule has 0 aromatic heterocycles. The van der Waals surface area contributed by atoms with Gasteiger partial charge in [-0.15, -0.1) is 0 Å². The summed E-state index contributed by atoms with van der Waals surface area (Å²) in [6.07, 6.45) is -2.55. The average molecular weight is 342 g/mol.